The molecule has 0 saturated heterocycles. The zero-order chi connectivity index (χ0) is 17.6. The molecular weight excluding hydrogens is 341 g/mol. The van der Waals surface area contributed by atoms with Gasteiger partial charge in [-0.25, -0.2) is 4.98 Å². The Morgan fingerprint density at radius 3 is 2.58 bits per heavy atom. The van der Waals surface area contributed by atoms with Crippen molar-refractivity contribution in [2.45, 2.75) is 51.7 Å². The number of alkyl halides is 3. The van der Waals surface area contributed by atoms with Crippen LogP contribution in [0.5, 0.6) is 0 Å². The van der Waals surface area contributed by atoms with Crippen LogP contribution in [0.1, 0.15) is 53.7 Å². The highest BCUT2D eigenvalue weighted by Crippen LogP contribution is 2.43. The summed E-state index contributed by atoms with van der Waals surface area (Å²) in [5.74, 6) is -0.379. The molecule has 0 bridgehead atoms. The van der Waals surface area contributed by atoms with E-state index in [9.17, 15) is 18.0 Å². The van der Waals surface area contributed by atoms with Crippen LogP contribution < -0.4 is 5.32 Å². The van der Waals surface area contributed by atoms with Gasteiger partial charge in [-0.05, 0) is 39.7 Å². The lowest BCUT2D eigenvalue weighted by molar-refractivity contribution is -0.141. The molecule has 0 spiro atoms. The fraction of sp³-hybridized carbons (Fsp3) is 0.533. The topological polar surface area (TPSA) is 59.8 Å². The maximum Gasteiger partial charge on any atom is 0.435 e. The first-order valence-electron chi connectivity index (χ1n) is 7.58. The van der Waals surface area contributed by atoms with Crippen molar-refractivity contribution in [1.29, 1.82) is 0 Å². The summed E-state index contributed by atoms with van der Waals surface area (Å²) in [6, 6.07) is 0.209. The van der Waals surface area contributed by atoms with Crippen molar-refractivity contribution in [1.82, 2.24) is 14.8 Å². The van der Waals surface area contributed by atoms with Gasteiger partial charge in [0.2, 0.25) is 0 Å². The van der Waals surface area contributed by atoms with Gasteiger partial charge < -0.3 is 5.32 Å². The Bertz CT molecular complexity index is 757. The van der Waals surface area contributed by atoms with Crippen molar-refractivity contribution in [3.8, 4) is 0 Å². The van der Waals surface area contributed by atoms with Gasteiger partial charge in [-0.15, -0.1) is 11.3 Å². The number of aromatic nitrogens is 3. The minimum absolute atomic E-state index is 0.0493. The standard InChI is InChI=1S/C15H17F3N4OS/c1-7-9(3)24-14(19-7)20-13(23)8(2)22-11(10-4-5-10)6-12(21-22)15(16,17)18/h6,8,10H,4-5H2,1-3H3,(H,19,20,23). The van der Waals surface area contributed by atoms with E-state index in [1.165, 1.54) is 16.0 Å². The predicted molar refractivity (Wildman–Crippen MR) is 84.1 cm³/mol. The van der Waals surface area contributed by atoms with Crippen molar-refractivity contribution in [3.63, 3.8) is 0 Å². The molecule has 130 valence electrons. The lowest BCUT2D eigenvalue weighted by Gasteiger charge is -2.14. The van der Waals surface area contributed by atoms with Gasteiger partial charge in [-0.1, -0.05) is 0 Å². The second-order valence-electron chi connectivity index (χ2n) is 6.00. The number of hydrogen-bond acceptors (Lipinski definition) is 4. The van der Waals surface area contributed by atoms with Crippen molar-refractivity contribution in [2.75, 3.05) is 5.32 Å². The van der Waals surface area contributed by atoms with E-state index in [-0.39, 0.29) is 5.92 Å². The molecule has 2 aromatic rings. The summed E-state index contributed by atoms with van der Waals surface area (Å²) in [6.07, 6.45) is -2.88. The lowest BCUT2D eigenvalue weighted by Crippen LogP contribution is -2.26. The number of thiazole rings is 1. The molecule has 0 aliphatic heterocycles. The highest BCUT2D eigenvalue weighted by molar-refractivity contribution is 7.15. The van der Waals surface area contributed by atoms with Crippen LogP contribution in [0.4, 0.5) is 18.3 Å². The molecular formula is C15H17F3N4OS. The van der Waals surface area contributed by atoms with E-state index in [4.69, 9.17) is 0 Å². The molecule has 9 heteroatoms. The Morgan fingerprint density at radius 1 is 1.42 bits per heavy atom. The number of rotatable bonds is 4. The van der Waals surface area contributed by atoms with Crippen LogP contribution in [0, 0.1) is 13.8 Å². The van der Waals surface area contributed by atoms with Gasteiger partial charge in [0.1, 0.15) is 6.04 Å². The van der Waals surface area contributed by atoms with Crippen LogP contribution in [0.2, 0.25) is 0 Å². The number of aryl methyl sites for hydroxylation is 2. The number of hydrogen-bond donors (Lipinski definition) is 1. The van der Waals surface area contributed by atoms with E-state index in [2.05, 4.69) is 15.4 Å². The van der Waals surface area contributed by atoms with Gasteiger partial charge in [0, 0.05) is 16.5 Å². The van der Waals surface area contributed by atoms with E-state index in [0.29, 0.717) is 10.8 Å². The molecule has 1 fully saturated rings. The predicted octanol–water partition coefficient (Wildman–Crippen LogP) is 4.05. The maximum atomic E-state index is 12.9. The number of carbonyl (C=O) groups excluding carboxylic acids is 1. The first-order chi connectivity index (χ1) is 11.2. The quantitative estimate of drug-likeness (QED) is 0.897. The average Bonchev–Trinajstić information content (AvgIpc) is 3.14. The number of nitrogens with one attached hydrogen (secondary N) is 1. The van der Waals surface area contributed by atoms with Crippen LogP contribution in [-0.2, 0) is 11.0 Å². The Kier molecular flexibility index (Phi) is 4.15. The summed E-state index contributed by atoms with van der Waals surface area (Å²) >= 11 is 1.33. The van der Waals surface area contributed by atoms with Crippen molar-refractivity contribution in [3.05, 3.63) is 28.0 Å². The fourth-order valence-electron chi connectivity index (χ4n) is 2.39. The molecule has 3 rings (SSSR count). The summed E-state index contributed by atoms with van der Waals surface area (Å²) < 4.78 is 40.0. The first-order valence-corrected chi connectivity index (χ1v) is 8.40. The molecule has 1 aliphatic carbocycles. The number of carbonyl (C=O) groups is 1. The normalized spacial score (nSPS) is 16.2. The summed E-state index contributed by atoms with van der Waals surface area (Å²) in [5, 5.41) is 6.75. The smallest absolute Gasteiger partial charge is 0.300 e. The second-order valence-corrected chi connectivity index (χ2v) is 7.20. The highest BCUT2D eigenvalue weighted by atomic mass is 32.1. The largest absolute Gasteiger partial charge is 0.435 e. The Hall–Kier alpha value is -1.90. The van der Waals surface area contributed by atoms with Crippen LogP contribution in [0.3, 0.4) is 0 Å². The Morgan fingerprint density at radius 2 is 2.08 bits per heavy atom. The molecule has 1 unspecified atom stereocenters. The van der Waals surface area contributed by atoms with Crippen LogP contribution in [-0.4, -0.2) is 20.7 Å². The minimum Gasteiger partial charge on any atom is -0.300 e. The van der Waals surface area contributed by atoms with Crippen LogP contribution >= 0.6 is 11.3 Å². The maximum absolute atomic E-state index is 12.9. The van der Waals surface area contributed by atoms with Crippen molar-refractivity contribution >= 4 is 22.4 Å². The summed E-state index contributed by atoms with van der Waals surface area (Å²) in [6.45, 7) is 5.27. The number of nitrogens with zero attached hydrogens (tertiary/aromatic N) is 3. The number of halogens is 3. The zero-order valence-electron chi connectivity index (χ0n) is 13.4. The van der Waals surface area contributed by atoms with Gasteiger partial charge >= 0.3 is 6.18 Å². The molecule has 1 saturated carbocycles. The average molecular weight is 358 g/mol. The molecule has 2 aromatic heterocycles. The van der Waals surface area contributed by atoms with E-state index < -0.39 is 23.8 Å². The lowest BCUT2D eigenvalue weighted by atomic mass is 10.2. The van der Waals surface area contributed by atoms with E-state index in [0.717, 1.165) is 29.5 Å². The minimum atomic E-state index is -4.52. The monoisotopic (exact) mass is 358 g/mol. The summed E-state index contributed by atoms with van der Waals surface area (Å²) in [5.41, 5.74) is 0.335. The van der Waals surface area contributed by atoms with E-state index >= 15 is 0 Å². The molecule has 1 amide bonds. The van der Waals surface area contributed by atoms with Gasteiger partial charge in [-0.2, -0.15) is 18.3 Å². The first kappa shape index (κ1) is 16.9. The zero-order valence-corrected chi connectivity index (χ0v) is 14.3. The Balaban J connectivity index is 1.84. The summed E-state index contributed by atoms with van der Waals surface area (Å²) in [7, 11) is 0. The van der Waals surface area contributed by atoms with Crippen molar-refractivity contribution in [2.24, 2.45) is 0 Å². The summed E-state index contributed by atoms with van der Waals surface area (Å²) in [4.78, 5) is 17.6. The van der Waals surface area contributed by atoms with Gasteiger partial charge in [0.25, 0.3) is 5.91 Å². The van der Waals surface area contributed by atoms with Crippen LogP contribution in [0.25, 0.3) is 0 Å². The highest BCUT2D eigenvalue weighted by Gasteiger charge is 2.39. The fourth-order valence-corrected chi connectivity index (χ4v) is 3.21. The number of amides is 1. The molecule has 1 N–H and O–H groups in total. The van der Waals surface area contributed by atoms with E-state index in [1.54, 1.807) is 6.92 Å². The number of anilines is 1. The Labute approximate surface area is 140 Å². The molecule has 1 aliphatic rings. The van der Waals surface area contributed by atoms with Gasteiger partial charge in [-0.3, -0.25) is 9.48 Å². The van der Waals surface area contributed by atoms with Gasteiger partial charge in [0.05, 0.1) is 5.69 Å². The molecule has 0 radical (unpaired) electrons. The third-order valence-electron chi connectivity index (χ3n) is 4.06. The van der Waals surface area contributed by atoms with Crippen LogP contribution in [0.15, 0.2) is 6.07 Å². The molecule has 24 heavy (non-hydrogen) atoms. The third kappa shape index (κ3) is 3.31. The SMILES string of the molecule is Cc1nc(NC(=O)C(C)n2nc(C(F)(F)F)cc2C2CC2)sc1C. The molecule has 1 atom stereocenters. The van der Waals surface area contributed by atoms with Crippen molar-refractivity contribution < 1.29 is 18.0 Å². The molecule has 5 nitrogen and oxygen atoms in total. The molecule has 0 aromatic carbocycles. The molecule has 2 heterocycles. The second kappa shape index (κ2) is 5.87. The third-order valence-corrected chi connectivity index (χ3v) is 5.04. The van der Waals surface area contributed by atoms with Gasteiger partial charge in [0.15, 0.2) is 10.8 Å². The van der Waals surface area contributed by atoms with E-state index in [1.807, 2.05) is 13.8 Å².